The van der Waals surface area contributed by atoms with Crippen LogP contribution < -0.4 is 5.43 Å². The van der Waals surface area contributed by atoms with Crippen LogP contribution in [-0.2, 0) is 13.0 Å². The van der Waals surface area contributed by atoms with E-state index in [0.717, 1.165) is 29.4 Å². The summed E-state index contributed by atoms with van der Waals surface area (Å²) in [6, 6.07) is 7.93. The van der Waals surface area contributed by atoms with E-state index in [4.69, 9.17) is 0 Å². The second kappa shape index (κ2) is 3.21. The Labute approximate surface area is 94.5 Å². The van der Waals surface area contributed by atoms with Gasteiger partial charge in [-0.15, -0.1) is 0 Å². The Morgan fingerprint density at radius 3 is 2.62 bits per heavy atom. The Balaban J connectivity index is 2.51. The number of hydrogen-bond donors (Lipinski definition) is 0. The third kappa shape index (κ3) is 1.10. The molecular weight excluding hydrogens is 198 g/mol. The molecule has 82 valence electrons. The van der Waals surface area contributed by atoms with E-state index in [-0.39, 0.29) is 5.43 Å². The maximum Gasteiger partial charge on any atom is 0.193 e. The van der Waals surface area contributed by atoms with Gasteiger partial charge in [0.05, 0.1) is 5.52 Å². The average Bonchev–Trinajstić information content (AvgIpc) is 2.22. The van der Waals surface area contributed by atoms with Crippen LogP contribution in [0.25, 0.3) is 10.9 Å². The van der Waals surface area contributed by atoms with Crippen molar-refractivity contribution in [3.63, 3.8) is 0 Å². The molecule has 2 aromatic rings. The van der Waals surface area contributed by atoms with E-state index in [0.29, 0.717) is 5.92 Å². The van der Waals surface area contributed by atoms with E-state index < -0.39 is 0 Å². The van der Waals surface area contributed by atoms with E-state index >= 15 is 0 Å². The topological polar surface area (TPSA) is 22.0 Å². The van der Waals surface area contributed by atoms with Crippen LogP contribution in [-0.4, -0.2) is 4.57 Å². The summed E-state index contributed by atoms with van der Waals surface area (Å²) in [5, 5.41) is 0.870. The van der Waals surface area contributed by atoms with E-state index in [1.54, 1.807) is 0 Å². The van der Waals surface area contributed by atoms with Gasteiger partial charge in [-0.2, -0.15) is 0 Å². The number of pyridine rings is 1. The van der Waals surface area contributed by atoms with Crippen molar-refractivity contribution in [3.8, 4) is 0 Å². The number of fused-ring (bicyclic) bond motifs is 3. The molecule has 0 unspecified atom stereocenters. The first-order valence-electron chi connectivity index (χ1n) is 5.84. The largest absolute Gasteiger partial charge is 0.344 e. The highest BCUT2D eigenvalue weighted by molar-refractivity contribution is 5.81. The summed E-state index contributed by atoms with van der Waals surface area (Å²) in [6.07, 6.45) is 1.05. The fourth-order valence-electron chi connectivity index (χ4n) is 2.65. The highest BCUT2D eigenvalue weighted by Crippen LogP contribution is 2.27. The van der Waals surface area contributed by atoms with Crippen LogP contribution in [0.4, 0.5) is 0 Å². The summed E-state index contributed by atoms with van der Waals surface area (Å²) in [5.41, 5.74) is 3.60. The van der Waals surface area contributed by atoms with E-state index in [9.17, 15) is 4.79 Å². The molecule has 1 aliphatic heterocycles. The standard InChI is InChI=1S/C14H15NO/c1-9(2)13-12-7-8-15(12)11-6-4-3-5-10(11)14(13)16/h3-6,9H,7-8H2,1-2H3. The lowest BCUT2D eigenvalue weighted by Gasteiger charge is -2.29. The fraction of sp³-hybridized carbons (Fsp3) is 0.357. The Bertz CT molecular complexity index is 622. The Morgan fingerprint density at radius 2 is 2.00 bits per heavy atom. The zero-order valence-corrected chi connectivity index (χ0v) is 9.66. The second-order valence-corrected chi connectivity index (χ2v) is 4.76. The average molecular weight is 213 g/mol. The molecule has 0 atom stereocenters. The minimum Gasteiger partial charge on any atom is -0.344 e. The lowest BCUT2D eigenvalue weighted by Crippen LogP contribution is -2.29. The van der Waals surface area contributed by atoms with Crippen molar-refractivity contribution in [2.24, 2.45) is 0 Å². The number of nitrogens with zero attached hydrogens (tertiary/aromatic N) is 1. The third-order valence-corrected chi connectivity index (χ3v) is 3.47. The molecule has 16 heavy (non-hydrogen) atoms. The molecule has 0 bridgehead atoms. The van der Waals surface area contributed by atoms with Crippen LogP contribution in [0.3, 0.4) is 0 Å². The molecule has 0 amide bonds. The van der Waals surface area contributed by atoms with Crippen LogP contribution in [0.15, 0.2) is 29.1 Å². The van der Waals surface area contributed by atoms with Gasteiger partial charge in [0.25, 0.3) is 0 Å². The van der Waals surface area contributed by atoms with Crippen molar-refractivity contribution >= 4 is 10.9 Å². The van der Waals surface area contributed by atoms with Crippen molar-refractivity contribution in [2.75, 3.05) is 0 Å². The van der Waals surface area contributed by atoms with Crippen LogP contribution in [0.5, 0.6) is 0 Å². The summed E-state index contributed by atoms with van der Waals surface area (Å²) in [6.45, 7) is 5.26. The van der Waals surface area contributed by atoms with Crippen LogP contribution >= 0.6 is 0 Å². The second-order valence-electron chi connectivity index (χ2n) is 4.76. The fourth-order valence-corrected chi connectivity index (χ4v) is 2.65. The molecule has 1 aromatic heterocycles. The number of rotatable bonds is 1. The highest BCUT2D eigenvalue weighted by atomic mass is 16.1. The van der Waals surface area contributed by atoms with Crippen molar-refractivity contribution in [1.82, 2.24) is 4.57 Å². The van der Waals surface area contributed by atoms with Gasteiger partial charge in [-0.1, -0.05) is 26.0 Å². The van der Waals surface area contributed by atoms with Gasteiger partial charge in [-0.25, -0.2) is 0 Å². The van der Waals surface area contributed by atoms with E-state index in [1.165, 1.54) is 5.69 Å². The first kappa shape index (κ1) is 9.64. The number of aryl methyl sites for hydroxylation is 1. The molecule has 0 radical (unpaired) electrons. The highest BCUT2D eigenvalue weighted by Gasteiger charge is 2.23. The van der Waals surface area contributed by atoms with Crippen molar-refractivity contribution in [3.05, 3.63) is 45.7 Å². The zero-order chi connectivity index (χ0) is 11.3. The quantitative estimate of drug-likeness (QED) is 0.714. The number of hydrogen-bond acceptors (Lipinski definition) is 1. The van der Waals surface area contributed by atoms with Crippen LogP contribution in [0, 0.1) is 0 Å². The molecule has 0 fully saturated rings. The minimum absolute atomic E-state index is 0.233. The number of para-hydroxylation sites is 1. The Kier molecular flexibility index (Phi) is 1.93. The summed E-state index contributed by atoms with van der Waals surface area (Å²) in [7, 11) is 0. The lowest BCUT2D eigenvalue weighted by atomic mass is 9.93. The number of aromatic nitrogens is 1. The van der Waals surface area contributed by atoms with Gasteiger partial charge >= 0.3 is 0 Å². The molecule has 0 aliphatic carbocycles. The molecule has 0 spiro atoms. The normalized spacial score (nSPS) is 13.9. The molecule has 3 rings (SSSR count). The lowest BCUT2D eigenvalue weighted by molar-refractivity contribution is 0.547. The maximum atomic E-state index is 12.4. The van der Waals surface area contributed by atoms with Crippen molar-refractivity contribution in [1.29, 1.82) is 0 Å². The smallest absolute Gasteiger partial charge is 0.193 e. The summed E-state index contributed by atoms with van der Waals surface area (Å²) < 4.78 is 2.28. The van der Waals surface area contributed by atoms with Gasteiger partial charge in [0, 0.05) is 29.6 Å². The van der Waals surface area contributed by atoms with E-state index in [1.807, 2.05) is 24.3 Å². The third-order valence-electron chi connectivity index (χ3n) is 3.47. The van der Waals surface area contributed by atoms with Gasteiger partial charge in [0.15, 0.2) is 5.43 Å². The van der Waals surface area contributed by atoms with Crippen LogP contribution in [0.2, 0.25) is 0 Å². The molecule has 0 N–H and O–H groups in total. The summed E-state index contributed by atoms with van der Waals surface area (Å²) in [4.78, 5) is 12.4. The van der Waals surface area contributed by atoms with Gasteiger partial charge in [0.2, 0.25) is 0 Å². The minimum atomic E-state index is 0.233. The molecule has 1 aliphatic rings. The Morgan fingerprint density at radius 1 is 1.25 bits per heavy atom. The molecule has 2 heteroatoms. The number of benzene rings is 1. The monoisotopic (exact) mass is 213 g/mol. The first-order valence-corrected chi connectivity index (χ1v) is 5.84. The molecule has 1 aromatic carbocycles. The Hall–Kier alpha value is -1.57. The van der Waals surface area contributed by atoms with Crippen molar-refractivity contribution < 1.29 is 0 Å². The van der Waals surface area contributed by atoms with E-state index in [2.05, 4.69) is 18.4 Å². The predicted octanol–water partition coefficient (Wildman–Crippen LogP) is 2.68. The molecule has 0 saturated heterocycles. The zero-order valence-electron chi connectivity index (χ0n) is 9.66. The molecular formula is C14H15NO. The van der Waals surface area contributed by atoms with Gasteiger partial charge in [-0.3, -0.25) is 4.79 Å². The predicted molar refractivity (Wildman–Crippen MR) is 66.0 cm³/mol. The molecule has 2 nitrogen and oxygen atoms in total. The van der Waals surface area contributed by atoms with Crippen molar-refractivity contribution in [2.45, 2.75) is 32.7 Å². The van der Waals surface area contributed by atoms with Crippen LogP contribution in [0.1, 0.15) is 31.0 Å². The molecule has 0 saturated carbocycles. The molecule has 2 heterocycles. The van der Waals surface area contributed by atoms with Gasteiger partial charge in [-0.05, 0) is 18.1 Å². The van der Waals surface area contributed by atoms with Gasteiger partial charge < -0.3 is 4.57 Å². The summed E-state index contributed by atoms with van der Waals surface area (Å²) >= 11 is 0. The van der Waals surface area contributed by atoms with Gasteiger partial charge in [0.1, 0.15) is 0 Å². The first-order chi connectivity index (χ1) is 7.70. The maximum absolute atomic E-state index is 12.4. The SMILES string of the molecule is CC(C)c1c2n(c3ccccc3c1=O)CC2. The summed E-state index contributed by atoms with van der Waals surface area (Å²) in [5.74, 6) is 0.318.